The SMILES string of the molecule is CC(N)CCC(=O)Nc1cc(Cl)ncn1. The Labute approximate surface area is 93.0 Å². The van der Waals surface area contributed by atoms with E-state index in [2.05, 4.69) is 15.3 Å². The zero-order chi connectivity index (χ0) is 11.3. The van der Waals surface area contributed by atoms with Crippen LogP contribution in [-0.4, -0.2) is 21.9 Å². The minimum absolute atomic E-state index is 0.0183. The van der Waals surface area contributed by atoms with Crippen LogP contribution in [0, 0.1) is 0 Å². The lowest BCUT2D eigenvalue weighted by atomic mass is 10.2. The first-order valence-corrected chi connectivity index (χ1v) is 4.98. The van der Waals surface area contributed by atoms with Crippen molar-refractivity contribution in [3.63, 3.8) is 0 Å². The van der Waals surface area contributed by atoms with E-state index in [-0.39, 0.29) is 11.9 Å². The molecule has 1 heterocycles. The average molecular weight is 229 g/mol. The molecule has 1 aromatic heterocycles. The van der Waals surface area contributed by atoms with E-state index in [9.17, 15) is 4.79 Å². The van der Waals surface area contributed by atoms with Crippen LogP contribution in [0.2, 0.25) is 5.15 Å². The number of anilines is 1. The largest absolute Gasteiger partial charge is 0.328 e. The summed E-state index contributed by atoms with van der Waals surface area (Å²) in [7, 11) is 0. The van der Waals surface area contributed by atoms with Crippen molar-refractivity contribution in [2.24, 2.45) is 5.73 Å². The van der Waals surface area contributed by atoms with Crippen LogP contribution in [0.15, 0.2) is 12.4 Å². The fraction of sp³-hybridized carbons (Fsp3) is 0.444. The van der Waals surface area contributed by atoms with Gasteiger partial charge in [-0.05, 0) is 13.3 Å². The maximum Gasteiger partial charge on any atom is 0.225 e. The smallest absolute Gasteiger partial charge is 0.225 e. The molecule has 0 aliphatic heterocycles. The van der Waals surface area contributed by atoms with Crippen molar-refractivity contribution >= 4 is 23.3 Å². The number of nitrogens with one attached hydrogen (secondary N) is 1. The molecule has 3 N–H and O–H groups in total. The molecule has 6 heteroatoms. The van der Waals surface area contributed by atoms with Crippen LogP contribution in [0.3, 0.4) is 0 Å². The number of hydrogen-bond donors (Lipinski definition) is 2. The highest BCUT2D eigenvalue weighted by atomic mass is 35.5. The molecule has 0 bridgehead atoms. The highest BCUT2D eigenvalue weighted by molar-refractivity contribution is 6.29. The third kappa shape index (κ3) is 4.71. The van der Waals surface area contributed by atoms with Crippen molar-refractivity contribution in [1.29, 1.82) is 0 Å². The fourth-order valence-corrected chi connectivity index (χ4v) is 1.11. The summed E-state index contributed by atoms with van der Waals surface area (Å²) in [5.74, 6) is 0.284. The molecule has 1 atom stereocenters. The molecule has 1 aromatic rings. The second-order valence-electron chi connectivity index (χ2n) is 3.29. The van der Waals surface area contributed by atoms with Crippen LogP contribution >= 0.6 is 11.6 Å². The Morgan fingerprint density at radius 1 is 1.67 bits per heavy atom. The Kier molecular flexibility index (Phi) is 4.45. The van der Waals surface area contributed by atoms with E-state index >= 15 is 0 Å². The van der Waals surface area contributed by atoms with Crippen LogP contribution in [0.4, 0.5) is 5.82 Å². The maximum atomic E-state index is 11.4. The lowest BCUT2D eigenvalue weighted by molar-refractivity contribution is -0.116. The van der Waals surface area contributed by atoms with Crippen LogP contribution in [0.5, 0.6) is 0 Å². The Hall–Kier alpha value is -1.20. The number of aromatic nitrogens is 2. The number of halogens is 1. The lowest BCUT2D eigenvalue weighted by Crippen LogP contribution is -2.19. The zero-order valence-corrected chi connectivity index (χ0v) is 9.16. The van der Waals surface area contributed by atoms with Gasteiger partial charge in [-0.15, -0.1) is 0 Å². The third-order valence-electron chi connectivity index (χ3n) is 1.73. The molecule has 15 heavy (non-hydrogen) atoms. The van der Waals surface area contributed by atoms with Crippen molar-refractivity contribution in [3.05, 3.63) is 17.5 Å². The summed E-state index contributed by atoms with van der Waals surface area (Å²) < 4.78 is 0. The van der Waals surface area contributed by atoms with Crippen LogP contribution in [-0.2, 0) is 4.79 Å². The van der Waals surface area contributed by atoms with E-state index in [1.807, 2.05) is 6.92 Å². The first kappa shape index (κ1) is 11.9. The second-order valence-corrected chi connectivity index (χ2v) is 3.68. The van der Waals surface area contributed by atoms with Gasteiger partial charge in [0.1, 0.15) is 17.3 Å². The molecule has 0 saturated heterocycles. The van der Waals surface area contributed by atoms with Crippen molar-refractivity contribution in [1.82, 2.24) is 9.97 Å². The number of nitrogens with two attached hydrogens (primary N) is 1. The van der Waals surface area contributed by atoms with Crippen molar-refractivity contribution < 1.29 is 4.79 Å². The molecule has 0 fully saturated rings. The maximum absolute atomic E-state index is 11.4. The van der Waals surface area contributed by atoms with E-state index < -0.39 is 0 Å². The third-order valence-corrected chi connectivity index (χ3v) is 1.93. The van der Waals surface area contributed by atoms with Gasteiger partial charge in [0, 0.05) is 18.5 Å². The summed E-state index contributed by atoms with van der Waals surface area (Å²) >= 11 is 5.63. The molecule has 1 amide bonds. The van der Waals surface area contributed by atoms with Gasteiger partial charge in [0.2, 0.25) is 5.91 Å². The molecular weight excluding hydrogens is 216 g/mol. The number of amides is 1. The Bertz CT molecular complexity index is 343. The average Bonchev–Trinajstić information content (AvgIpc) is 2.15. The number of rotatable bonds is 4. The van der Waals surface area contributed by atoms with Crippen molar-refractivity contribution in [2.75, 3.05) is 5.32 Å². The summed E-state index contributed by atoms with van der Waals surface area (Å²) in [5, 5.41) is 2.91. The Morgan fingerprint density at radius 2 is 2.40 bits per heavy atom. The van der Waals surface area contributed by atoms with Crippen LogP contribution < -0.4 is 11.1 Å². The van der Waals surface area contributed by atoms with Gasteiger partial charge in [0.25, 0.3) is 0 Å². The number of nitrogens with zero attached hydrogens (tertiary/aromatic N) is 2. The number of carbonyl (C=O) groups is 1. The molecule has 0 saturated carbocycles. The summed E-state index contributed by atoms with van der Waals surface area (Å²) in [5.41, 5.74) is 5.53. The Morgan fingerprint density at radius 3 is 3.00 bits per heavy atom. The molecule has 0 aliphatic rings. The molecule has 1 unspecified atom stereocenters. The minimum Gasteiger partial charge on any atom is -0.328 e. The zero-order valence-electron chi connectivity index (χ0n) is 8.40. The predicted molar refractivity (Wildman–Crippen MR) is 58.6 cm³/mol. The molecule has 0 spiro atoms. The van der Waals surface area contributed by atoms with E-state index in [0.717, 1.165) is 0 Å². The highest BCUT2D eigenvalue weighted by Crippen LogP contribution is 2.09. The normalized spacial score (nSPS) is 12.2. The van der Waals surface area contributed by atoms with Gasteiger partial charge in [-0.25, -0.2) is 9.97 Å². The Balaban J connectivity index is 2.44. The van der Waals surface area contributed by atoms with Gasteiger partial charge in [-0.3, -0.25) is 4.79 Å². The van der Waals surface area contributed by atoms with Gasteiger partial charge in [-0.2, -0.15) is 0 Å². The summed E-state index contributed by atoms with van der Waals surface area (Å²) in [4.78, 5) is 18.9. The molecule has 5 nitrogen and oxygen atoms in total. The molecular formula is C9H13ClN4O. The number of hydrogen-bond acceptors (Lipinski definition) is 4. The summed E-state index contributed by atoms with van der Waals surface area (Å²) in [6.45, 7) is 1.86. The standard InChI is InChI=1S/C9H13ClN4O/c1-6(11)2-3-9(15)14-8-4-7(10)12-5-13-8/h4-6H,2-3,11H2,1H3,(H,12,13,14,15). The van der Waals surface area contributed by atoms with Crippen molar-refractivity contribution in [2.45, 2.75) is 25.8 Å². The highest BCUT2D eigenvalue weighted by Gasteiger charge is 2.05. The minimum atomic E-state index is -0.123. The first-order chi connectivity index (χ1) is 7.08. The monoisotopic (exact) mass is 228 g/mol. The molecule has 82 valence electrons. The first-order valence-electron chi connectivity index (χ1n) is 4.61. The van der Waals surface area contributed by atoms with Gasteiger partial charge in [0.05, 0.1) is 0 Å². The van der Waals surface area contributed by atoms with E-state index in [4.69, 9.17) is 17.3 Å². The van der Waals surface area contributed by atoms with E-state index in [1.165, 1.54) is 12.4 Å². The topological polar surface area (TPSA) is 80.9 Å². The second kappa shape index (κ2) is 5.63. The van der Waals surface area contributed by atoms with Crippen LogP contribution in [0.1, 0.15) is 19.8 Å². The van der Waals surface area contributed by atoms with Gasteiger partial charge in [-0.1, -0.05) is 11.6 Å². The van der Waals surface area contributed by atoms with Crippen LogP contribution in [0.25, 0.3) is 0 Å². The molecule has 0 radical (unpaired) electrons. The van der Waals surface area contributed by atoms with E-state index in [0.29, 0.717) is 23.8 Å². The van der Waals surface area contributed by atoms with Crippen molar-refractivity contribution in [3.8, 4) is 0 Å². The molecule has 0 aliphatic carbocycles. The van der Waals surface area contributed by atoms with Gasteiger partial charge >= 0.3 is 0 Å². The fourth-order valence-electron chi connectivity index (χ4n) is 0.966. The van der Waals surface area contributed by atoms with Gasteiger partial charge in [0.15, 0.2) is 0 Å². The molecule has 0 aromatic carbocycles. The van der Waals surface area contributed by atoms with Gasteiger partial charge < -0.3 is 11.1 Å². The predicted octanol–water partition coefficient (Wildman–Crippen LogP) is 1.20. The lowest BCUT2D eigenvalue weighted by Gasteiger charge is -2.05. The summed E-state index contributed by atoms with van der Waals surface area (Å²) in [6, 6.07) is 1.51. The molecule has 1 rings (SSSR count). The summed E-state index contributed by atoms with van der Waals surface area (Å²) in [6.07, 6.45) is 2.31. The quantitative estimate of drug-likeness (QED) is 0.759. The van der Waals surface area contributed by atoms with E-state index in [1.54, 1.807) is 0 Å². The number of carbonyl (C=O) groups excluding carboxylic acids is 1.